The largest absolute Gasteiger partial charge is 0.480 e. The third-order valence-corrected chi connectivity index (χ3v) is 5.03. The summed E-state index contributed by atoms with van der Waals surface area (Å²) in [7, 11) is 0. The molecule has 166 valence electrons. The molecule has 1 heterocycles. The summed E-state index contributed by atoms with van der Waals surface area (Å²) in [5.41, 5.74) is 0. The lowest BCUT2D eigenvalue weighted by molar-refractivity contribution is -0.145. The molecule has 29 heavy (non-hydrogen) atoms. The third-order valence-electron chi connectivity index (χ3n) is 5.03. The predicted molar refractivity (Wildman–Crippen MR) is 103 cm³/mol. The van der Waals surface area contributed by atoms with Crippen molar-refractivity contribution >= 4 is 23.7 Å². The van der Waals surface area contributed by atoms with Gasteiger partial charge in [-0.1, -0.05) is 20.3 Å². The molecule has 0 bridgehead atoms. The number of aliphatic hydroxyl groups excluding tert-OH is 2. The zero-order valence-electron chi connectivity index (χ0n) is 17.0. The molecule has 1 rings (SSSR count). The van der Waals surface area contributed by atoms with E-state index in [-0.39, 0.29) is 17.9 Å². The summed E-state index contributed by atoms with van der Waals surface area (Å²) in [5, 5.41) is 38.2. The molecule has 6 atom stereocenters. The van der Waals surface area contributed by atoms with E-state index < -0.39 is 48.6 Å². The van der Waals surface area contributed by atoms with Gasteiger partial charge in [0.05, 0.1) is 18.8 Å². The second kappa shape index (κ2) is 11.7. The molecule has 3 amide bonds. The van der Waals surface area contributed by atoms with Crippen molar-refractivity contribution in [2.45, 2.75) is 70.3 Å². The molecule has 11 heteroatoms. The number of carboxylic acids is 1. The number of hydrogen-bond donors (Lipinski definition) is 7. The van der Waals surface area contributed by atoms with Crippen LogP contribution in [-0.4, -0.2) is 82.4 Å². The molecule has 0 aromatic carbocycles. The van der Waals surface area contributed by atoms with E-state index in [1.807, 2.05) is 6.92 Å². The molecule has 1 fully saturated rings. The Balaban J connectivity index is 2.82. The highest BCUT2D eigenvalue weighted by Gasteiger charge is 2.34. The van der Waals surface area contributed by atoms with Crippen LogP contribution in [0.5, 0.6) is 0 Å². The molecule has 0 aromatic rings. The van der Waals surface area contributed by atoms with Crippen molar-refractivity contribution < 1.29 is 34.5 Å². The average Bonchev–Trinajstić information content (AvgIpc) is 3.21. The lowest BCUT2D eigenvalue weighted by Crippen LogP contribution is -2.60. The van der Waals surface area contributed by atoms with Crippen LogP contribution < -0.4 is 21.3 Å². The van der Waals surface area contributed by atoms with Crippen LogP contribution in [-0.2, 0) is 19.2 Å². The molecule has 0 radical (unpaired) electrons. The Morgan fingerprint density at radius 1 is 1.07 bits per heavy atom. The van der Waals surface area contributed by atoms with Crippen molar-refractivity contribution in [3.05, 3.63) is 0 Å². The maximum absolute atomic E-state index is 12.7. The first-order chi connectivity index (χ1) is 13.6. The molecule has 0 aromatic heterocycles. The maximum Gasteiger partial charge on any atom is 0.328 e. The number of carbonyl (C=O) groups excluding carboxylic acids is 3. The van der Waals surface area contributed by atoms with Gasteiger partial charge in [0.2, 0.25) is 17.7 Å². The zero-order valence-corrected chi connectivity index (χ0v) is 17.0. The molecular formula is C18H32N4O7. The minimum atomic E-state index is -1.59. The molecule has 1 aliphatic heterocycles. The van der Waals surface area contributed by atoms with Crippen molar-refractivity contribution in [1.29, 1.82) is 0 Å². The van der Waals surface area contributed by atoms with Gasteiger partial charge in [0.1, 0.15) is 12.1 Å². The second-order valence-corrected chi connectivity index (χ2v) is 7.33. The molecule has 0 aliphatic carbocycles. The molecule has 1 saturated heterocycles. The fourth-order valence-corrected chi connectivity index (χ4v) is 2.96. The van der Waals surface area contributed by atoms with E-state index in [4.69, 9.17) is 5.11 Å². The number of nitrogens with one attached hydrogen (secondary N) is 4. The van der Waals surface area contributed by atoms with Crippen LogP contribution in [0.1, 0.15) is 40.0 Å². The van der Waals surface area contributed by atoms with Crippen LogP contribution in [0.15, 0.2) is 0 Å². The Bertz CT molecular complexity index is 593. The van der Waals surface area contributed by atoms with Crippen molar-refractivity contribution in [2.75, 3.05) is 13.2 Å². The van der Waals surface area contributed by atoms with Gasteiger partial charge in [-0.2, -0.15) is 0 Å². The number of carboxylic acid groups (broad SMARTS) is 1. The summed E-state index contributed by atoms with van der Waals surface area (Å²) in [6.45, 7) is 4.75. The fourth-order valence-electron chi connectivity index (χ4n) is 2.96. The second-order valence-electron chi connectivity index (χ2n) is 7.33. The number of hydrogen-bond acceptors (Lipinski definition) is 7. The maximum atomic E-state index is 12.7. The van der Waals surface area contributed by atoms with E-state index in [0.29, 0.717) is 12.8 Å². The Hall–Kier alpha value is -2.24. The lowest BCUT2D eigenvalue weighted by Gasteiger charge is -2.27. The number of rotatable bonds is 11. The summed E-state index contributed by atoms with van der Waals surface area (Å²) < 4.78 is 0. The minimum absolute atomic E-state index is 0.244. The number of carbonyl (C=O) groups is 4. The lowest BCUT2D eigenvalue weighted by atomic mass is 9.97. The van der Waals surface area contributed by atoms with Gasteiger partial charge < -0.3 is 36.6 Å². The highest BCUT2D eigenvalue weighted by molar-refractivity contribution is 5.94. The molecule has 1 aliphatic rings. The first-order valence-corrected chi connectivity index (χ1v) is 9.78. The molecule has 11 nitrogen and oxygen atoms in total. The first-order valence-electron chi connectivity index (χ1n) is 9.78. The number of amides is 3. The third kappa shape index (κ3) is 7.26. The van der Waals surface area contributed by atoms with Crippen molar-refractivity contribution in [1.82, 2.24) is 21.3 Å². The van der Waals surface area contributed by atoms with Crippen LogP contribution in [0.2, 0.25) is 0 Å². The normalized spacial score (nSPS) is 21.3. The topological polar surface area (TPSA) is 177 Å². The van der Waals surface area contributed by atoms with Gasteiger partial charge in [0.25, 0.3) is 0 Å². The fraction of sp³-hybridized carbons (Fsp3) is 0.778. The Labute approximate surface area is 169 Å². The van der Waals surface area contributed by atoms with Crippen molar-refractivity contribution in [2.24, 2.45) is 5.92 Å². The van der Waals surface area contributed by atoms with Gasteiger partial charge in [-0.3, -0.25) is 14.4 Å². The number of aliphatic carboxylic acids is 1. The van der Waals surface area contributed by atoms with Gasteiger partial charge in [-0.15, -0.1) is 0 Å². The summed E-state index contributed by atoms with van der Waals surface area (Å²) in [4.78, 5) is 48.5. The predicted octanol–water partition coefficient (Wildman–Crippen LogP) is -2.30. The SMILES string of the molecule is CCC(C)C(NC(=O)C1CCCN1)C(=O)NC(CO)C(=O)NC(C(=O)O)C(C)O. The van der Waals surface area contributed by atoms with Gasteiger partial charge in [0.15, 0.2) is 6.04 Å². The van der Waals surface area contributed by atoms with E-state index in [2.05, 4.69) is 21.3 Å². The van der Waals surface area contributed by atoms with Crippen LogP contribution in [0, 0.1) is 5.92 Å². The molecule has 0 spiro atoms. The summed E-state index contributed by atoms with van der Waals surface area (Å²) in [5.74, 6) is -3.63. The highest BCUT2D eigenvalue weighted by atomic mass is 16.4. The van der Waals surface area contributed by atoms with Gasteiger partial charge in [0, 0.05) is 0 Å². The molecule has 0 saturated carbocycles. The average molecular weight is 416 g/mol. The van der Waals surface area contributed by atoms with E-state index in [1.165, 1.54) is 6.92 Å². The summed E-state index contributed by atoms with van der Waals surface area (Å²) in [6.07, 6.45) is 0.727. The van der Waals surface area contributed by atoms with Gasteiger partial charge in [-0.05, 0) is 32.2 Å². The van der Waals surface area contributed by atoms with E-state index in [1.54, 1.807) is 6.92 Å². The quantitative estimate of drug-likeness (QED) is 0.196. The minimum Gasteiger partial charge on any atom is -0.480 e. The Kier molecular flexibility index (Phi) is 9.99. The van der Waals surface area contributed by atoms with Crippen LogP contribution >= 0.6 is 0 Å². The smallest absolute Gasteiger partial charge is 0.328 e. The summed E-state index contributed by atoms with van der Waals surface area (Å²) in [6, 6.07) is -4.33. The van der Waals surface area contributed by atoms with E-state index in [9.17, 15) is 29.4 Å². The van der Waals surface area contributed by atoms with Crippen LogP contribution in [0.4, 0.5) is 0 Å². The zero-order chi connectivity index (χ0) is 22.1. The summed E-state index contributed by atoms with van der Waals surface area (Å²) >= 11 is 0. The van der Waals surface area contributed by atoms with Crippen molar-refractivity contribution in [3.8, 4) is 0 Å². The van der Waals surface area contributed by atoms with Gasteiger partial charge in [-0.25, -0.2) is 4.79 Å². The highest BCUT2D eigenvalue weighted by Crippen LogP contribution is 2.11. The molecular weight excluding hydrogens is 384 g/mol. The monoisotopic (exact) mass is 416 g/mol. The molecule has 7 N–H and O–H groups in total. The first kappa shape index (κ1) is 24.8. The number of aliphatic hydroxyl groups is 2. The van der Waals surface area contributed by atoms with E-state index in [0.717, 1.165) is 13.0 Å². The van der Waals surface area contributed by atoms with Gasteiger partial charge >= 0.3 is 5.97 Å². The van der Waals surface area contributed by atoms with Crippen molar-refractivity contribution in [3.63, 3.8) is 0 Å². The Morgan fingerprint density at radius 3 is 2.17 bits per heavy atom. The standard InChI is InChI=1S/C18H32N4O7/c1-4-9(2)13(21-15(25)11-6-5-7-19-11)17(27)20-12(8-23)16(26)22-14(10(3)24)18(28)29/h9-14,19,23-24H,4-8H2,1-3H3,(H,20,27)(H,21,25)(H,22,26)(H,28,29). The van der Waals surface area contributed by atoms with Crippen LogP contribution in [0.3, 0.4) is 0 Å². The van der Waals surface area contributed by atoms with Crippen LogP contribution in [0.25, 0.3) is 0 Å². The molecule has 6 unspecified atom stereocenters. The van der Waals surface area contributed by atoms with E-state index >= 15 is 0 Å². The Morgan fingerprint density at radius 2 is 1.72 bits per heavy atom.